The quantitative estimate of drug-likeness (QED) is 0.0504. The predicted octanol–water partition coefficient (Wildman–Crippen LogP) is -1.45. The summed E-state index contributed by atoms with van der Waals surface area (Å²) >= 11 is 0. The summed E-state index contributed by atoms with van der Waals surface area (Å²) in [5.74, 6) is -2.97. The normalized spacial score (nSPS) is 15.3. The van der Waals surface area contributed by atoms with Crippen LogP contribution >= 0.6 is 0 Å². The van der Waals surface area contributed by atoms with Crippen LogP contribution in [0, 0.1) is 0 Å². The molecule has 0 unspecified atom stereocenters. The van der Waals surface area contributed by atoms with Gasteiger partial charge in [-0.15, -0.1) is 0 Å². The Bertz CT molecular complexity index is 1540. The maximum atomic E-state index is 14.2. The number of guanidine groups is 2. The van der Waals surface area contributed by atoms with Crippen molar-refractivity contribution in [3.8, 4) is 0 Å². The Morgan fingerprint density at radius 3 is 2.02 bits per heavy atom. The number of aliphatic imine (C=N–C) groups is 2. The molecule has 3 rings (SSSR count). The van der Waals surface area contributed by atoms with E-state index in [1.54, 1.807) is 6.20 Å². The summed E-state index contributed by atoms with van der Waals surface area (Å²) in [5.41, 5.74) is 27.8. The van der Waals surface area contributed by atoms with E-state index in [9.17, 15) is 24.0 Å². The van der Waals surface area contributed by atoms with Crippen LogP contribution in [0.5, 0.6) is 0 Å². The monoisotopic (exact) mass is 682 g/mol. The summed E-state index contributed by atoms with van der Waals surface area (Å²) in [6.45, 7) is 1.75. The van der Waals surface area contributed by atoms with Crippen LogP contribution in [0.4, 0.5) is 0 Å². The number of H-pyrrole nitrogens is 1. The van der Waals surface area contributed by atoms with Crippen molar-refractivity contribution < 1.29 is 24.0 Å². The SMILES string of the molecule is CC(=O)N[C@@H](CCCN=C(N)N)C(=O)N(C)C1(C(=O)N[C@@H](CCCN=C(N)N)C(=O)N[C@@H](Cc2c[nH]c3ccccc23)C(N)=O)CCCC1. The van der Waals surface area contributed by atoms with Crippen molar-refractivity contribution in [2.75, 3.05) is 20.1 Å². The molecule has 0 aliphatic heterocycles. The van der Waals surface area contributed by atoms with Crippen molar-refractivity contribution >= 4 is 52.4 Å². The average Bonchev–Trinajstić information content (AvgIpc) is 3.71. The molecule has 1 fully saturated rings. The van der Waals surface area contributed by atoms with Crippen LogP contribution in [-0.4, -0.2) is 95.1 Å². The summed E-state index contributed by atoms with van der Waals surface area (Å²) in [7, 11) is 1.52. The molecule has 268 valence electrons. The number of nitrogens with zero attached hydrogens (tertiary/aromatic N) is 3. The highest BCUT2D eigenvalue weighted by Crippen LogP contribution is 2.36. The van der Waals surface area contributed by atoms with Gasteiger partial charge in [0.2, 0.25) is 29.5 Å². The Hall–Kier alpha value is -5.35. The molecule has 1 aromatic carbocycles. The number of rotatable bonds is 18. The Labute approximate surface area is 285 Å². The zero-order valence-electron chi connectivity index (χ0n) is 28.2. The summed E-state index contributed by atoms with van der Waals surface area (Å²) in [5, 5.41) is 9.14. The number of hydrogen-bond acceptors (Lipinski definition) is 7. The van der Waals surface area contributed by atoms with Gasteiger partial charge >= 0.3 is 0 Å². The van der Waals surface area contributed by atoms with Crippen LogP contribution in [0.15, 0.2) is 40.4 Å². The van der Waals surface area contributed by atoms with Gasteiger partial charge in [-0.25, -0.2) is 0 Å². The number of nitrogens with one attached hydrogen (secondary N) is 4. The van der Waals surface area contributed by atoms with Gasteiger partial charge in [0.05, 0.1) is 0 Å². The second kappa shape index (κ2) is 17.7. The fraction of sp³-hybridized carbons (Fsp3) is 0.531. The number of carbonyl (C=O) groups is 5. The standard InChI is InChI=1S/C32H50N12O5/c1-19(45)41-24(12-8-16-39-31(36)37)28(48)44(2)32(13-5-6-14-32)29(49)43-23(11-7-15-38-30(34)35)27(47)42-25(26(33)46)17-20-18-40-22-10-4-3-9-21(20)22/h3-4,9-10,18,23-25,40H,5-8,11-17H2,1-2H3,(H2,33,46)(H,41,45)(H,42,47)(H,43,49)(H4,34,35,38)(H4,36,37,39)/t23-,24-,25-/m0/s1. The van der Waals surface area contributed by atoms with E-state index < -0.39 is 53.2 Å². The summed E-state index contributed by atoms with van der Waals surface area (Å²) in [4.78, 5) is 78.8. The molecule has 14 N–H and O–H groups in total. The molecule has 1 aliphatic carbocycles. The highest BCUT2D eigenvalue weighted by molar-refractivity contribution is 5.97. The molecule has 1 aromatic heterocycles. The van der Waals surface area contributed by atoms with Gasteiger partial charge in [-0.3, -0.25) is 34.0 Å². The van der Waals surface area contributed by atoms with Gasteiger partial charge in [-0.2, -0.15) is 0 Å². The zero-order chi connectivity index (χ0) is 36.1. The van der Waals surface area contributed by atoms with Crippen molar-refractivity contribution in [1.82, 2.24) is 25.8 Å². The topological polar surface area (TPSA) is 295 Å². The molecule has 0 radical (unpaired) electrons. The highest BCUT2D eigenvalue weighted by Gasteiger charge is 2.48. The lowest BCUT2D eigenvalue weighted by Crippen LogP contribution is -2.64. The number of aromatic nitrogens is 1. The van der Waals surface area contributed by atoms with E-state index in [0.717, 1.165) is 16.5 Å². The minimum Gasteiger partial charge on any atom is -0.370 e. The molecular formula is C32H50N12O5. The number of hydrogen-bond donors (Lipinski definition) is 9. The lowest BCUT2D eigenvalue weighted by molar-refractivity contribution is -0.149. The summed E-state index contributed by atoms with van der Waals surface area (Å²) < 4.78 is 0. The number of likely N-dealkylation sites (N-methyl/N-ethyl adjacent to an activating group) is 1. The third kappa shape index (κ3) is 10.6. The predicted molar refractivity (Wildman–Crippen MR) is 186 cm³/mol. The Balaban J connectivity index is 1.83. The molecule has 17 nitrogen and oxygen atoms in total. The van der Waals surface area contributed by atoms with Crippen LogP contribution < -0.4 is 44.6 Å². The molecule has 17 heteroatoms. The van der Waals surface area contributed by atoms with Gasteiger partial charge in [0, 0.05) is 50.6 Å². The lowest BCUT2D eigenvalue weighted by atomic mass is 9.92. The van der Waals surface area contributed by atoms with Gasteiger partial charge in [0.15, 0.2) is 11.9 Å². The van der Waals surface area contributed by atoms with Crippen molar-refractivity contribution in [1.29, 1.82) is 0 Å². The largest absolute Gasteiger partial charge is 0.370 e. The molecule has 5 amide bonds. The number of para-hydroxylation sites is 1. The maximum Gasteiger partial charge on any atom is 0.246 e. The molecule has 3 atom stereocenters. The van der Waals surface area contributed by atoms with Gasteiger partial charge in [0.25, 0.3) is 0 Å². The molecule has 0 spiro atoms. The minimum atomic E-state index is -1.29. The molecule has 49 heavy (non-hydrogen) atoms. The number of nitrogens with two attached hydrogens (primary N) is 5. The molecule has 1 heterocycles. The van der Waals surface area contributed by atoms with E-state index in [1.807, 2.05) is 24.3 Å². The number of benzene rings is 1. The fourth-order valence-electron chi connectivity index (χ4n) is 6.21. The Morgan fingerprint density at radius 2 is 1.45 bits per heavy atom. The first kappa shape index (κ1) is 38.1. The van der Waals surface area contributed by atoms with E-state index in [-0.39, 0.29) is 44.3 Å². The van der Waals surface area contributed by atoms with Crippen LogP contribution in [0.2, 0.25) is 0 Å². The van der Waals surface area contributed by atoms with Crippen molar-refractivity contribution in [3.63, 3.8) is 0 Å². The van der Waals surface area contributed by atoms with Crippen molar-refractivity contribution in [3.05, 3.63) is 36.0 Å². The number of amides is 5. The van der Waals surface area contributed by atoms with Crippen molar-refractivity contribution in [2.24, 2.45) is 38.7 Å². The lowest BCUT2D eigenvalue weighted by Gasteiger charge is -2.40. The molecule has 2 aromatic rings. The summed E-state index contributed by atoms with van der Waals surface area (Å²) in [6, 6.07) is 4.41. The fourth-order valence-corrected chi connectivity index (χ4v) is 6.21. The molecular weight excluding hydrogens is 632 g/mol. The van der Waals surface area contributed by atoms with E-state index in [1.165, 1.54) is 18.9 Å². The number of carbonyl (C=O) groups excluding carboxylic acids is 5. The van der Waals surface area contributed by atoms with Gasteiger partial charge in [-0.1, -0.05) is 31.0 Å². The number of primary amides is 1. The molecule has 0 bridgehead atoms. The second-order valence-electron chi connectivity index (χ2n) is 12.3. The molecule has 1 saturated carbocycles. The van der Waals surface area contributed by atoms with Crippen LogP contribution in [-0.2, 0) is 30.4 Å². The maximum absolute atomic E-state index is 14.2. The van der Waals surface area contributed by atoms with Gasteiger partial charge in [-0.05, 0) is 50.2 Å². The van der Waals surface area contributed by atoms with E-state index in [4.69, 9.17) is 28.7 Å². The average molecular weight is 683 g/mol. The van der Waals surface area contributed by atoms with E-state index in [2.05, 4.69) is 30.9 Å². The molecule has 0 saturated heterocycles. The minimum absolute atomic E-state index is 0.0851. The van der Waals surface area contributed by atoms with Gasteiger partial charge in [0.1, 0.15) is 23.7 Å². The van der Waals surface area contributed by atoms with Crippen LogP contribution in [0.1, 0.15) is 63.9 Å². The smallest absolute Gasteiger partial charge is 0.246 e. The van der Waals surface area contributed by atoms with Crippen molar-refractivity contribution in [2.45, 2.75) is 88.4 Å². The van der Waals surface area contributed by atoms with E-state index in [0.29, 0.717) is 38.5 Å². The Morgan fingerprint density at radius 1 is 0.857 bits per heavy atom. The third-order valence-corrected chi connectivity index (χ3v) is 8.77. The number of fused-ring (bicyclic) bond motifs is 1. The Kier molecular flexibility index (Phi) is 13.8. The van der Waals surface area contributed by atoms with E-state index >= 15 is 0 Å². The van der Waals surface area contributed by atoms with Gasteiger partial charge < -0.3 is 54.5 Å². The first-order chi connectivity index (χ1) is 23.2. The number of aromatic amines is 1. The zero-order valence-corrected chi connectivity index (χ0v) is 28.2. The van der Waals surface area contributed by atoms with Crippen LogP contribution in [0.25, 0.3) is 10.9 Å². The highest BCUT2D eigenvalue weighted by atomic mass is 16.2. The first-order valence-corrected chi connectivity index (χ1v) is 16.4. The summed E-state index contributed by atoms with van der Waals surface area (Å²) in [6.07, 6.45) is 4.97. The molecule has 1 aliphatic rings. The third-order valence-electron chi connectivity index (χ3n) is 8.77. The van der Waals surface area contributed by atoms with Crippen LogP contribution in [0.3, 0.4) is 0 Å². The second-order valence-corrected chi connectivity index (χ2v) is 12.3. The first-order valence-electron chi connectivity index (χ1n) is 16.4.